The van der Waals surface area contributed by atoms with Crippen molar-refractivity contribution >= 4 is 11.7 Å². The van der Waals surface area contributed by atoms with Gasteiger partial charge in [-0.05, 0) is 26.0 Å². The van der Waals surface area contributed by atoms with E-state index in [2.05, 4.69) is 25.7 Å². The predicted molar refractivity (Wildman–Crippen MR) is 76.2 cm³/mol. The minimum Gasteiger partial charge on any atom is -0.496 e. The minimum atomic E-state index is -0.298. The lowest BCUT2D eigenvalue weighted by atomic mass is 10.1. The van der Waals surface area contributed by atoms with Crippen LogP contribution in [0.1, 0.15) is 18.2 Å². The van der Waals surface area contributed by atoms with Crippen LogP contribution < -0.4 is 15.7 Å². The second-order valence-electron chi connectivity index (χ2n) is 4.10. The zero-order chi connectivity index (χ0) is 14.5. The van der Waals surface area contributed by atoms with E-state index in [1.807, 2.05) is 31.2 Å². The Kier molecular flexibility index (Phi) is 4.09. The van der Waals surface area contributed by atoms with Gasteiger partial charge in [-0.15, -0.1) is 10.2 Å². The largest absolute Gasteiger partial charge is 0.496 e. The number of para-hydroxylation sites is 1. The van der Waals surface area contributed by atoms with Gasteiger partial charge in [-0.25, -0.2) is 5.43 Å². The number of hydrazone groups is 1. The number of nitrogens with zero attached hydrogens (tertiary/aromatic N) is 3. The first-order valence-electron chi connectivity index (χ1n) is 5.99. The van der Waals surface area contributed by atoms with E-state index in [9.17, 15) is 4.79 Å². The number of ether oxygens (including phenoxy) is 1. The van der Waals surface area contributed by atoms with Gasteiger partial charge in [-0.2, -0.15) is 5.10 Å². The van der Waals surface area contributed by atoms with Gasteiger partial charge in [0.25, 0.3) is 5.56 Å². The Morgan fingerprint density at radius 2 is 2.10 bits per heavy atom. The average Bonchev–Trinajstić information content (AvgIpc) is 2.48. The number of rotatable bonds is 4. The van der Waals surface area contributed by atoms with Gasteiger partial charge in [0.15, 0.2) is 0 Å². The highest BCUT2D eigenvalue weighted by atomic mass is 16.5. The first-order valence-corrected chi connectivity index (χ1v) is 5.99. The molecule has 0 saturated heterocycles. The number of hydrogen-bond acceptors (Lipinski definition) is 6. The van der Waals surface area contributed by atoms with Crippen molar-refractivity contribution in [2.75, 3.05) is 12.5 Å². The quantitative estimate of drug-likeness (QED) is 0.647. The molecule has 0 unspecified atom stereocenters. The zero-order valence-electron chi connectivity index (χ0n) is 11.5. The van der Waals surface area contributed by atoms with Gasteiger partial charge >= 0.3 is 0 Å². The summed E-state index contributed by atoms with van der Waals surface area (Å²) in [6.45, 7) is 3.41. The highest BCUT2D eigenvalue weighted by Crippen LogP contribution is 2.18. The van der Waals surface area contributed by atoms with E-state index in [0.29, 0.717) is 11.4 Å². The molecular formula is C13H15N5O2. The highest BCUT2D eigenvalue weighted by Gasteiger charge is 2.05. The van der Waals surface area contributed by atoms with Crippen LogP contribution in [0.25, 0.3) is 0 Å². The summed E-state index contributed by atoms with van der Waals surface area (Å²) in [5.74, 6) is 0.911. The van der Waals surface area contributed by atoms with Crippen LogP contribution in [0, 0.1) is 6.92 Å². The maximum Gasteiger partial charge on any atom is 0.274 e. The lowest BCUT2D eigenvalue weighted by molar-refractivity contribution is 0.414. The van der Waals surface area contributed by atoms with Gasteiger partial charge < -0.3 is 4.74 Å². The molecule has 104 valence electrons. The molecule has 0 amide bonds. The smallest absolute Gasteiger partial charge is 0.274 e. The van der Waals surface area contributed by atoms with Crippen molar-refractivity contribution in [3.8, 4) is 5.75 Å². The molecule has 2 rings (SSSR count). The van der Waals surface area contributed by atoms with Gasteiger partial charge in [0, 0.05) is 5.56 Å². The lowest BCUT2D eigenvalue weighted by Crippen LogP contribution is -2.16. The molecule has 1 heterocycles. The van der Waals surface area contributed by atoms with Crippen LogP contribution in [-0.2, 0) is 0 Å². The standard InChI is InChI=1S/C13H15N5O2/c1-8(10-6-4-5-7-11(10)20-3)15-17-13-14-12(19)9(2)16-18-13/h4-7H,1-3H3,(H2,14,17,18,19)/b15-8-. The Bertz CT molecular complexity index is 693. The lowest BCUT2D eigenvalue weighted by Gasteiger charge is -2.07. The number of nitrogens with one attached hydrogen (secondary N) is 2. The van der Waals surface area contributed by atoms with Crippen molar-refractivity contribution in [2.24, 2.45) is 5.10 Å². The third-order valence-corrected chi connectivity index (χ3v) is 2.69. The third-order valence-electron chi connectivity index (χ3n) is 2.69. The topological polar surface area (TPSA) is 92.3 Å². The van der Waals surface area contributed by atoms with Crippen molar-refractivity contribution < 1.29 is 4.74 Å². The van der Waals surface area contributed by atoms with Crippen molar-refractivity contribution in [3.63, 3.8) is 0 Å². The van der Waals surface area contributed by atoms with Gasteiger partial charge in [0.1, 0.15) is 11.4 Å². The molecule has 7 nitrogen and oxygen atoms in total. The highest BCUT2D eigenvalue weighted by molar-refractivity contribution is 6.01. The molecular weight excluding hydrogens is 258 g/mol. The van der Waals surface area contributed by atoms with Crippen LogP contribution in [-0.4, -0.2) is 28.0 Å². The molecule has 0 saturated carbocycles. The van der Waals surface area contributed by atoms with Crippen LogP contribution in [0.2, 0.25) is 0 Å². The first kappa shape index (κ1) is 13.7. The first-order chi connectivity index (χ1) is 9.61. The minimum absolute atomic E-state index is 0.190. The number of methoxy groups -OCH3 is 1. The Morgan fingerprint density at radius 3 is 2.80 bits per heavy atom. The summed E-state index contributed by atoms with van der Waals surface area (Å²) >= 11 is 0. The average molecular weight is 273 g/mol. The molecule has 2 N–H and O–H groups in total. The molecule has 0 fully saturated rings. The molecule has 2 aromatic rings. The summed E-state index contributed by atoms with van der Waals surface area (Å²) in [4.78, 5) is 13.9. The molecule has 0 aliphatic rings. The molecule has 0 aliphatic carbocycles. The fourth-order valence-electron chi connectivity index (χ4n) is 1.58. The molecule has 0 bridgehead atoms. The fourth-order valence-corrected chi connectivity index (χ4v) is 1.58. The Balaban J connectivity index is 2.22. The van der Waals surface area contributed by atoms with E-state index in [-0.39, 0.29) is 11.5 Å². The normalized spacial score (nSPS) is 11.2. The number of aryl methyl sites for hydroxylation is 1. The van der Waals surface area contributed by atoms with E-state index in [4.69, 9.17) is 4.74 Å². The summed E-state index contributed by atoms with van der Waals surface area (Å²) in [5.41, 5.74) is 4.22. The van der Waals surface area contributed by atoms with E-state index in [0.717, 1.165) is 11.3 Å². The van der Waals surface area contributed by atoms with Crippen LogP contribution in [0.15, 0.2) is 34.2 Å². The van der Waals surface area contributed by atoms with Crippen molar-refractivity contribution in [1.29, 1.82) is 0 Å². The molecule has 20 heavy (non-hydrogen) atoms. The summed E-state index contributed by atoms with van der Waals surface area (Å²) < 4.78 is 5.26. The maximum atomic E-state index is 11.4. The van der Waals surface area contributed by atoms with Crippen LogP contribution in [0.4, 0.5) is 5.95 Å². The number of benzene rings is 1. The number of H-pyrrole nitrogens is 1. The van der Waals surface area contributed by atoms with Gasteiger partial charge in [0.05, 0.1) is 12.8 Å². The van der Waals surface area contributed by atoms with E-state index < -0.39 is 0 Å². The van der Waals surface area contributed by atoms with E-state index in [1.54, 1.807) is 14.0 Å². The SMILES string of the molecule is COc1ccccc1/C(C)=N\Nc1nnc(C)c(=O)[nH]1. The molecule has 7 heteroatoms. The summed E-state index contributed by atoms with van der Waals surface area (Å²) in [5, 5.41) is 11.7. The number of aromatic nitrogens is 3. The summed E-state index contributed by atoms with van der Waals surface area (Å²) in [7, 11) is 1.60. The zero-order valence-corrected chi connectivity index (χ0v) is 11.5. The van der Waals surface area contributed by atoms with Crippen molar-refractivity contribution in [3.05, 3.63) is 45.9 Å². The third kappa shape index (κ3) is 3.00. The van der Waals surface area contributed by atoms with Gasteiger partial charge in [0.2, 0.25) is 5.95 Å². The molecule has 0 radical (unpaired) electrons. The van der Waals surface area contributed by atoms with Gasteiger partial charge in [-0.3, -0.25) is 9.78 Å². The van der Waals surface area contributed by atoms with Crippen LogP contribution >= 0.6 is 0 Å². The molecule has 1 aromatic carbocycles. The summed E-state index contributed by atoms with van der Waals surface area (Å²) in [6, 6.07) is 7.52. The summed E-state index contributed by atoms with van der Waals surface area (Å²) in [6.07, 6.45) is 0. The second-order valence-corrected chi connectivity index (χ2v) is 4.10. The number of anilines is 1. The fraction of sp³-hybridized carbons (Fsp3) is 0.231. The predicted octanol–water partition coefficient (Wildman–Crippen LogP) is 1.32. The van der Waals surface area contributed by atoms with Crippen LogP contribution in [0.5, 0.6) is 5.75 Å². The second kappa shape index (κ2) is 5.96. The Labute approximate surface area is 115 Å². The van der Waals surface area contributed by atoms with Crippen LogP contribution in [0.3, 0.4) is 0 Å². The Hall–Kier alpha value is -2.70. The maximum absolute atomic E-state index is 11.4. The number of aromatic amines is 1. The molecule has 1 aromatic heterocycles. The van der Waals surface area contributed by atoms with Crippen molar-refractivity contribution in [1.82, 2.24) is 15.2 Å². The molecule has 0 spiro atoms. The number of hydrogen-bond donors (Lipinski definition) is 2. The molecule has 0 atom stereocenters. The van der Waals surface area contributed by atoms with Gasteiger partial charge in [-0.1, -0.05) is 12.1 Å². The molecule has 0 aliphatic heterocycles. The van der Waals surface area contributed by atoms with Crippen molar-refractivity contribution in [2.45, 2.75) is 13.8 Å². The Morgan fingerprint density at radius 1 is 1.35 bits per heavy atom. The monoisotopic (exact) mass is 273 g/mol. The van der Waals surface area contributed by atoms with E-state index >= 15 is 0 Å². The van der Waals surface area contributed by atoms with E-state index in [1.165, 1.54) is 0 Å².